The average molecular weight is 295 g/mol. The predicted molar refractivity (Wildman–Crippen MR) is 71.3 cm³/mol. The number of nitrogens with zero attached hydrogens (tertiary/aromatic N) is 3. The van der Waals surface area contributed by atoms with Crippen molar-refractivity contribution in [3.63, 3.8) is 0 Å². The lowest BCUT2D eigenvalue weighted by molar-refractivity contribution is 0.805. The SMILES string of the molecule is CNCc1ccc(-n2nc(C)nc2C)cc1Br. The zero-order valence-corrected chi connectivity index (χ0v) is 11.7. The zero-order valence-electron chi connectivity index (χ0n) is 10.2. The van der Waals surface area contributed by atoms with E-state index in [2.05, 4.69) is 49.5 Å². The van der Waals surface area contributed by atoms with Crippen molar-refractivity contribution < 1.29 is 0 Å². The van der Waals surface area contributed by atoms with Gasteiger partial charge in [-0.2, -0.15) is 5.10 Å². The second-order valence-corrected chi connectivity index (χ2v) is 4.78. The number of halogens is 1. The smallest absolute Gasteiger partial charge is 0.148 e. The third-order valence-corrected chi connectivity index (χ3v) is 3.26. The summed E-state index contributed by atoms with van der Waals surface area (Å²) in [5.74, 6) is 1.69. The van der Waals surface area contributed by atoms with Crippen LogP contribution in [0.3, 0.4) is 0 Å². The molecule has 1 aromatic carbocycles. The maximum Gasteiger partial charge on any atom is 0.148 e. The van der Waals surface area contributed by atoms with Crippen molar-refractivity contribution in [1.82, 2.24) is 20.1 Å². The average Bonchev–Trinajstić information content (AvgIpc) is 2.61. The van der Waals surface area contributed by atoms with Crippen LogP contribution in [0.4, 0.5) is 0 Å². The van der Waals surface area contributed by atoms with Crippen molar-refractivity contribution in [2.75, 3.05) is 7.05 Å². The number of benzene rings is 1. The number of rotatable bonds is 3. The molecule has 0 aliphatic heterocycles. The van der Waals surface area contributed by atoms with E-state index in [1.165, 1.54) is 5.56 Å². The van der Waals surface area contributed by atoms with Gasteiger partial charge >= 0.3 is 0 Å². The molecule has 0 saturated carbocycles. The third kappa shape index (κ3) is 2.56. The van der Waals surface area contributed by atoms with Crippen LogP contribution in [0.5, 0.6) is 0 Å². The number of hydrogen-bond donors (Lipinski definition) is 1. The molecule has 0 unspecified atom stereocenters. The van der Waals surface area contributed by atoms with Gasteiger partial charge in [-0.1, -0.05) is 22.0 Å². The lowest BCUT2D eigenvalue weighted by Crippen LogP contribution is -2.06. The highest BCUT2D eigenvalue weighted by molar-refractivity contribution is 9.10. The van der Waals surface area contributed by atoms with E-state index in [9.17, 15) is 0 Å². The van der Waals surface area contributed by atoms with Crippen molar-refractivity contribution in [2.45, 2.75) is 20.4 Å². The fourth-order valence-corrected chi connectivity index (χ4v) is 2.27. The first-order valence-corrected chi connectivity index (χ1v) is 6.25. The van der Waals surface area contributed by atoms with E-state index in [1.807, 2.05) is 25.6 Å². The van der Waals surface area contributed by atoms with E-state index in [-0.39, 0.29) is 0 Å². The van der Waals surface area contributed by atoms with E-state index in [0.29, 0.717) is 0 Å². The largest absolute Gasteiger partial charge is 0.316 e. The molecule has 90 valence electrons. The summed E-state index contributed by atoms with van der Waals surface area (Å²) < 4.78 is 2.93. The number of aryl methyl sites for hydroxylation is 2. The first kappa shape index (κ1) is 12.3. The van der Waals surface area contributed by atoms with Gasteiger partial charge in [-0.3, -0.25) is 0 Å². The van der Waals surface area contributed by atoms with Crippen molar-refractivity contribution in [3.05, 3.63) is 39.9 Å². The summed E-state index contributed by atoms with van der Waals surface area (Å²) in [6.45, 7) is 4.69. The Morgan fingerprint density at radius 3 is 2.65 bits per heavy atom. The van der Waals surface area contributed by atoms with E-state index in [4.69, 9.17) is 0 Å². The van der Waals surface area contributed by atoms with E-state index in [0.717, 1.165) is 28.4 Å². The molecule has 0 bridgehead atoms. The lowest BCUT2D eigenvalue weighted by atomic mass is 10.2. The number of nitrogens with one attached hydrogen (secondary N) is 1. The van der Waals surface area contributed by atoms with Crippen molar-refractivity contribution in [2.24, 2.45) is 0 Å². The van der Waals surface area contributed by atoms with E-state index in [1.54, 1.807) is 0 Å². The third-order valence-electron chi connectivity index (χ3n) is 2.52. The van der Waals surface area contributed by atoms with Gasteiger partial charge in [0.25, 0.3) is 0 Å². The van der Waals surface area contributed by atoms with E-state index >= 15 is 0 Å². The zero-order chi connectivity index (χ0) is 12.4. The number of aromatic nitrogens is 3. The van der Waals surface area contributed by atoms with Crippen molar-refractivity contribution in [3.8, 4) is 5.69 Å². The van der Waals surface area contributed by atoms with Gasteiger partial charge in [0.2, 0.25) is 0 Å². The van der Waals surface area contributed by atoms with Crippen LogP contribution < -0.4 is 5.32 Å². The molecule has 1 aromatic heterocycles. The standard InChI is InChI=1S/C12H15BrN4/c1-8-15-9(2)17(16-8)11-5-4-10(7-14-3)12(13)6-11/h4-6,14H,7H2,1-3H3. The lowest BCUT2D eigenvalue weighted by Gasteiger charge is -2.07. The minimum absolute atomic E-state index is 0.790. The quantitative estimate of drug-likeness (QED) is 0.945. The van der Waals surface area contributed by atoms with Crippen molar-refractivity contribution in [1.29, 1.82) is 0 Å². The van der Waals surface area contributed by atoms with Crippen LogP contribution in [-0.2, 0) is 6.54 Å². The fourth-order valence-electron chi connectivity index (χ4n) is 1.77. The molecule has 0 spiro atoms. The molecule has 0 aliphatic rings. The maximum absolute atomic E-state index is 4.37. The first-order valence-electron chi connectivity index (χ1n) is 5.45. The Labute approximate surface area is 109 Å². The highest BCUT2D eigenvalue weighted by Crippen LogP contribution is 2.21. The molecule has 0 fully saturated rings. The Morgan fingerprint density at radius 2 is 2.12 bits per heavy atom. The predicted octanol–water partition coefficient (Wildman–Crippen LogP) is 2.37. The van der Waals surface area contributed by atoms with Crippen LogP contribution in [0.1, 0.15) is 17.2 Å². The Hall–Kier alpha value is -1.20. The summed E-state index contributed by atoms with van der Waals surface area (Å²) >= 11 is 3.58. The topological polar surface area (TPSA) is 42.7 Å². The highest BCUT2D eigenvalue weighted by Gasteiger charge is 2.07. The van der Waals surface area contributed by atoms with Crippen molar-refractivity contribution >= 4 is 15.9 Å². The van der Waals surface area contributed by atoms with Gasteiger partial charge in [0.1, 0.15) is 11.6 Å². The van der Waals surface area contributed by atoms with Crippen LogP contribution in [0.25, 0.3) is 5.69 Å². The number of hydrogen-bond acceptors (Lipinski definition) is 3. The molecule has 0 aliphatic carbocycles. The van der Waals surface area contributed by atoms with Crippen LogP contribution in [-0.4, -0.2) is 21.8 Å². The monoisotopic (exact) mass is 294 g/mol. The molecule has 17 heavy (non-hydrogen) atoms. The minimum atomic E-state index is 0.790. The van der Waals surface area contributed by atoms with Gasteiger partial charge in [0, 0.05) is 11.0 Å². The molecule has 2 rings (SSSR count). The summed E-state index contributed by atoms with van der Waals surface area (Å²) in [5.41, 5.74) is 2.25. The van der Waals surface area contributed by atoms with Crippen LogP contribution in [0.2, 0.25) is 0 Å². The fraction of sp³-hybridized carbons (Fsp3) is 0.333. The van der Waals surface area contributed by atoms with Crippen LogP contribution in [0, 0.1) is 13.8 Å². The molecule has 0 atom stereocenters. The Kier molecular flexibility index (Phi) is 3.59. The Morgan fingerprint density at radius 1 is 1.35 bits per heavy atom. The van der Waals surface area contributed by atoms with Gasteiger partial charge in [-0.15, -0.1) is 0 Å². The molecular formula is C12H15BrN4. The molecular weight excluding hydrogens is 280 g/mol. The van der Waals surface area contributed by atoms with Gasteiger partial charge in [-0.05, 0) is 38.6 Å². The molecule has 4 nitrogen and oxygen atoms in total. The molecule has 5 heteroatoms. The second kappa shape index (κ2) is 4.98. The summed E-state index contributed by atoms with van der Waals surface area (Å²) in [6, 6.07) is 6.21. The summed E-state index contributed by atoms with van der Waals surface area (Å²) in [5, 5.41) is 7.50. The van der Waals surface area contributed by atoms with E-state index < -0.39 is 0 Å². The first-order chi connectivity index (χ1) is 8.11. The van der Waals surface area contributed by atoms with Gasteiger partial charge in [-0.25, -0.2) is 9.67 Å². The Bertz CT molecular complexity index is 533. The highest BCUT2D eigenvalue weighted by atomic mass is 79.9. The molecule has 1 N–H and O–H groups in total. The summed E-state index contributed by atoms with van der Waals surface area (Å²) in [7, 11) is 1.94. The molecule has 0 saturated heterocycles. The molecule has 0 amide bonds. The molecule has 0 radical (unpaired) electrons. The summed E-state index contributed by atoms with van der Waals surface area (Å²) in [6.07, 6.45) is 0. The van der Waals surface area contributed by atoms with Gasteiger partial charge in [0.15, 0.2) is 0 Å². The Balaban J connectivity index is 2.41. The normalized spacial score (nSPS) is 10.8. The minimum Gasteiger partial charge on any atom is -0.316 e. The molecule has 2 aromatic rings. The van der Waals surface area contributed by atoms with Gasteiger partial charge in [0.05, 0.1) is 5.69 Å². The van der Waals surface area contributed by atoms with Crippen LogP contribution in [0.15, 0.2) is 22.7 Å². The summed E-state index contributed by atoms with van der Waals surface area (Å²) in [4.78, 5) is 4.30. The van der Waals surface area contributed by atoms with Gasteiger partial charge < -0.3 is 5.32 Å². The molecule has 1 heterocycles. The maximum atomic E-state index is 4.37. The van der Waals surface area contributed by atoms with Crippen LogP contribution >= 0.6 is 15.9 Å². The second-order valence-electron chi connectivity index (χ2n) is 3.92.